The summed E-state index contributed by atoms with van der Waals surface area (Å²) in [6.45, 7) is 2.08. The monoisotopic (exact) mass is 157 g/mol. The van der Waals surface area contributed by atoms with Gasteiger partial charge in [0.2, 0.25) is 12.3 Å². The Bertz CT molecular complexity index is 134. The normalized spacial score (nSPS) is 9.27. The van der Waals surface area contributed by atoms with E-state index in [4.69, 9.17) is 0 Å². The Balaban J connectivity index is 3.44. The van der Waals surface area contributed by atoms with Crippen LogP contribution in [0.4, 0.5) is 0 Å². The lowest BCUT2D eigenvalue weighted by Crippen LogP contribution is -2.24. The zero-order valence-electron chi connectivity index (χ0n) is 7.17. The molecular formula is C8H15NO2. The first-order valence-electron chi connectivity index (χ1n) is 3.93. The summed E-state index contributed by atoms with van der Waals surface area (Å²) < 4.78 is 0. The van der Waals surface area contributed by atoms with Gasteiger partial charge in [-0.3, -0.25) is 14.5 Å². The number of amides is 2. The first kappa shape index (κ1) is 10.1. The maximum Gasteiger partial charge on any atom is 0.228 e. The first-order chi connectivity index (χ1) is 5.22. The minimum Gasteiger partial charge on any atom is -0.288 e. The molecule has 11 heavy (non-hydrogen) atoms. The molecule has 0 atom stereocenters. The second kappa shape index (κ2) is 5.89. The van der Waals surface area contributed by atoms with Crippen molar-refractivity contribution in [2.75, 3.05) is 7.05 Å². The van der Waals surface area contributed by atoms with Gasteiger partial charge in [-0.2, -0.15) is 0 Å². The molecule has 2 amide bonds. The zero-order valence-corrected chi connectivity index (χ0v) is 7.17. The SMILES string of the molecule is CCCCCC(=O)N(C)C=O. The molecule has 0 unspecified atom stereocenters. The quantitative estimate of drug-likeness (QED) is 0.444. The Morgan fingerprint density at radius 2 is 2.09 bits per heavy atom. The Hall–Kier alpha value is -0.860. The molecule has 0 saturated heterocycles. The molecule has 0 radical (unpaired) electrons. The van der Waals surface area contributed by atoms with Gasteiger partial charge >= 0.3 is 0 Å². The average molecular weight is 157 g/mol. The van der Waals surface area contributed by atoms with Gasteiger partial charge in [-0.05, 0) is 6.42 Å². The van der Waals surface area contributed by atoms with Gasteiger partial charge in [0.05, 0.1) is 0 Å². The fourth-order valence-electron chi connectivity index (χ4n) is 0.761. The summed E-state index contributed by atoms with van der Waals surface area (Å²) in [5.74, 6) is -0.0894. The largest absolute Gasteiger partial charge is 0.288 e. The van der Waals surface area contributed by atoms with Gasteiger partial charge < -0.3 is 0 Å². The van der Waals surface area contributed by atoms with Crippen molar-refractivity contribution >= 4 is 12.3 Å². The smallest absolute Gasteiger partial charge is 0.228 e. The fourth-order valence-corrected chi connectivity index (χ4v) is 0.761. The van der Waals surface area contributed by atoms with Crippen molar-refractivity contribution in [1.82, 2.24) is 4.90 Å². The summed E-state index contributed by atoms with van der Waals surface area (Å²) in [6, 6.07) is 0. The van der Waals surface area contributed by atoms with E-state index in [2.05, 4.69) is 6.92 Å². The molecule has 3 nitrogen and oxygen atoms in total. The van der Waals surface area contributed by atoms with E-state index in [-0.39, 0.29) is 5.91 Å². The van der Waals surface area contributed by atoms with E-state index < -0.39 is 0 Å². The van der Waals surface area contributed by atoms with Gasteiger partial charge in [0.1, 0.15) is 0 Å². The van der Waals surface area contributed by atoms with E-state index in [9.17, 15) is 9.59 Å². The van der Waals surface area contributed by atoms with E-state index >= 15 is 0 Å². The fraction of sp³-hybridized carbons (Fsp3) is 0.750. The van der Waals surface area contributed by atoms with Crippen LogP contribution in [-0.4, -0.2) is 24.3 Å². The van der Waals surface area contributed by atoms with Crippen LogP contribution in [0.25, 0.3) is 0 Å². The lowest BCUT2D eigenvalue weighted by atomic mass is 10.2. The summed E-state index contributed by atoms with van der Waals surface area (Å²) in [7, 11) is 1.49. The Morgan fingerprint density at radius 1 is 1.45 bits per heavy atom. The number of nitrogens with zero attached hydrogens (tertiary/aromatic N) is 1. The molecule has 0 rings (SSSR count). The molecule has 0 bridgehead atoms. The molecule has 0 N–H and O–H groups in total. The van der Waals surface area contributed by atoms with Crippen LogP contribution >= 0.6 is 0 Å². The van der Waals surface area contributed by atoms with E-state index in [0.29, 0.717) is 12.8 Å². The molecule has 0 aromatic heterocycles. The molecule has 0 aliphatic carbocycles. The molecular weight excluding hydrogens is 142 g/mol. The van der Waals surface area contributed by atoms with E-state index in [0.717, 1.165) is 24.2 Å². The zero-order chi connectivity index (χ0) is 8.69. The van der Waals surface area contributed by atoms with Gasteiger partial charge in [-0.1, -0.05) is 19.8 Å². The van der Waals surface area contributed by atoms with Crippen LogP contribution in [0.2, 0.25) is 0 Å². The van der Waals surface area contributed by atoms with Crippen molar-refractivity contribution in [2.24, 2.45) is 0 Å². The van der Waals surface area contributed by atoms with Crippen LogP contribution in [0.15, 0.2) is 0 Å². The summed E-state index contributed by atoms with van der Waals surface area (Å²) >= 11 is 0. The third-order valence-corrected chi connectivity index (χ3v) is 1.55. The van der Waals surface area contributed by atoms with Gasteiger partial charge in [0.25, 0.3) is 0 Å². The third-order valence-electron chi connectivity index (χ3n) is 1.55. The molecule has 64 valence electrons. The molecule has 0 aliphatic heterocycles. The van der Waals surface area contributed by atoms with Gasteiger partial charge in [0.15, 0.2) is 0 Å². The molecule has 0 fully saturated rings. The van der Waals surface area contributed by atoms with Crippen molar-refractivity contribution in [1.29, 1.82) is 0 Å². The first-order valence-corrected chi connectivity index (χ1v) is 3.93. The van der Waals surface area contributed by atoms with Crippen LogP contribution < -0.4 is 0 Å². The maximum atomic E-state index is 10.9. The standard InChI is InChI=1S/C8H15NO2/c1-3-4-5-6-8(11)9(2)7-10/h7H,3-6H2,1-2H3. The van der Waals surface area contributed by atoms with Gasteiger partial charge in [-0.15, -0.1) is 0 Å². The molecule has 0 aliphatic rings. The number of hydrogen-bond donors (Lipinski definition) is 0. The topological polar surface area (TPSA) is 37.4 Å². The minimum absolute atomic E-state index is 0.0894. The highest BCUT2D eigenvalue weighted by Gasteiger charge is 2.04. The average Bonchev–Trinajstić information content (AvgIpc) is 2.03. The second-order valence-electron chi connectivity index (χ2n) is 2.57. The lowest BCUT2D eigenvalue weighted by molar-refractivity contribution is -0.136. The lowest BCUT2D eigenvalue weighted by Gasteiger charge is -2.06. The highest BCUT2D eigenvalue weighted by molar-refractivity contribution is 5.85. The van der Waals surface area contributed by atoms with Gasteiger partial charge in [-0.25, -0.2) is 0 Å². The van der Waals surface area contributed by atoms with Crippen LogP contribution in [0.1, 0.15) is 32.6 Å². The number of carbonyl (C=O) groups is 2. The summed E-state index contributed by atoms with van der Waals surface area (Å²) in [5, 5.41) is 0. The number of rotatable bonds is 5. The van der Waals surface area contributed by atoms with Crippen LogP contribution in [-0.2, 0) is 9.59 Å². The molecule has 3 heteroatoms. The van der Waals surface area contributed by atoms with Crippen molar-refractivity contribution < 1.29 is 9.59 Å². The van der Waals surface area contributed by atoms with Gasteiger partial charge in [0, 0.05) is 13.5 Å². The van der Waals surface area contributed by atoms with E-state index in [1.165, 1.54) is 7.05 Å². The van der Waals surface area contributed by atoms with Crippen molar-refractivity contribution in [2.45, 2.75) is 32.6 Å². The highest BCUT2D eigenvalue weighted by Crippen LogP contribution is 2.00. The summed E-state index contributed by atoms with van der Waals surface area (Å²) in [5.41, 5.74) is 0. The Labute approximate surface area is 67.4 Å². The number of hydrogen-bond acceptors (Lipinski definition) is 2. The summed E-state index contributed by atoms with van der Waals surface area (Å²) in [4.78, 5) is 22.1. The second-order valence-corrected chi connectivity index (χ2v) is 2.57. The van der Waals surface area contributed by atoms with Crippen LogP contribution in [0, 0.1) is 0 Å². The van der Waals surface area contributed by atoms with Crippen molar-refractivity contribution in [3.05, 3.63) is 0 Å². The van der Waals surface area contributed by atoms with Crippen LogP contribution in [0.3, 0.4) is 0 Å². The number of imide groups is 1. The molecule has 0 aromatic carbocycles. The predicted octanol–water partition coefficient (Wildman–Crippen LogP) is 1.18. The Kier molecular flexibility index (Phi) is 5.43. The van der Waals surface area contributed by atoms with Crippen LogP contribution in [0.5, 0.6) is 0 Å². The molecule has 0 aromatic rings. The molecule has 0 heterocycles. The van der Waals surface area contributed by atoms with E-state index in [1.54, 1.807) is 0 Å². The molecule has 0 saturated carbocycles. The highest BCUT2D eigenvalue weighted by atomic mass is 16.2. The Morgan fingerprint density at radius 3 is 2.55 bits per heavy atom. The van der Waals surface area contributed by atoms with E-state index in [1.807, 2.05) is 0 Å². The molecule has 0 spiro atoms. The number of unbranched alkanes of at least 4 members (excludes halogenated alkanes) is 2. The number of carbonyl (C=O) groups excluding carboxylic acids is 2. The predicted molar refractivity (Wildman–Crippen MR) is 43.0 cm³/mol. The maximum absolute atomic E-state index is 10.9. The van der Waals surface area contributed by atoms with Crippen molar-refractivity contribution in [3.63, 3.8) is 0 Å². The summed E-state index contributed by atoms with van der Waals surface area (Å²) in [6.07, 6.45) is 4.07. The third kappa shape index (κ3) is 4.53. The minimum atomic E-state index is -0.0894. The van der Waals surface area contributed by atoms with Crippen molar-refractivity contribution in [3.8, 4) is 0 Å².